The van der Waals surface area contributed by atoms with Crippen molar-refractivity contribution in [1.29, 1.82) is 0 Å². The van der Waals surface area contributed by atoms with Crippen molar-refractivity contribution in [2.75, 3.05) is 74.0 Å². The van der Waals surface area contributed by atoms with E-state index >= 15 is 31.2 Å². The monoisotopic (exact) mass is 1670 g/mol. The van der Waals surface area contributed by atoms with Crippen LogP contribution in [0.5, 0.6) is 0 Å². The molecular weight excluding hydrogens is 1570 g/mol. The molecule has 3 unspecified atom stereocenters. The number of para-hydroxylation sites is 2. The van der Waals surface area contributed by atoms with Gasteiger partial charge in [0.1, 0.15) is 67.0 Å². The molecule has 5 bridgehead atoms. The average molecular weight is 1670 g/mol. The number of carboxylic acids is 1. The predicted molar refractivity (Wildman–Crippen MR) is 416 cm³/mol. The van der Waals surface area contributed by atoms with E-state index in [0.717, 1.165) is 37.1 Å². The number of carbonyl (C=O) groups is 14. The van der Waals surface area contributed by atoms with Gasteiger partial charge in [0, 0.05) is 89.7 Å². The second-order valence-electron chi connectivity index (χ2n) is 29.6. The predicted octanol–water partition coefficient (Wildman–Crippen LogP) is -6.23. The number of H-pyrrole nitrogens is 2. The van der Waals surface area contributed by atoms with E-state index in [1.165, 1.54) is 38.8 Å². The van der Waals surface area contributed by atoms with Crippen molar-refractivity contribution in [2.24, 2.45) is 23.3 Å². The highest BCUT2D eigenvalue weighted by Crippen LogP contribution is 2.26. The molecule has 0 saturated carbocycles. The summed E-state index contributed by atoms with van der Waals surface area (Å²) in [5.41, 5.74) is 13.7. The number of aliphatic carboxylic acids is 1. The Balaban J connectivity index is 1.16. The number of thioether (sulfide) groups is 2. The number of carbonyl (C=O) groups excluding carboxylic acids is 13. The van der Waals surface area contributed by atoms with E-state index in [0.29, 0.717) is 39.4 Å². The maximum atomic E-state index is 16.1. The molecule has 19 N–H and O–H groups in total. The molecule has 5 aliphatic heterocycles. The Kier molecular flexibility index (Phi) is 30.4. The van der Waals surface area contributed by atoms with E-state index in [1.807, 2.05) is 0 Å². The molecule has 9 rings (SSSR count). The van der Waals surface area contributed by atoms with Crippen molar-refractivity contribution in [3.63, 3.8) is 0 Å². The maximum Gasteiger partial charge on any atom is 0.305 e. The van der Waals surface area contributed by atoms with E-state index < -0.39 is 267 Å². The van der Waals surface area contributed by atoms with Gasteiger partial charge in [-0.05, 0) is 81.0 Å². The van der Waals surface area contributed by atoms with Crippen molar-refractivity contribution >= 4 is 148 Å². The molecule has 114 heavy (non-hydrogen) atoms. The Morgan fingerprint density at radius 3 is 1.78 bits per heavy atom. The normalized spacial score (nSPS) is 29.4. The Morgan fingerprint density at radius 1 is 0.614 bits per heavy atom. The number of amides is 13. The highest BCUT2D eigenvalue weighted by Gasteiger charge is 2.48. The number of benzene rings is 2. The summed E-state index contributed by atoms with van der Waals surface area (Å²) in [5.74, 6) is -19.5. The van der Waals surface area contributed by atoms with Gasteiger partial charge in [0.25, 0.3) is 5.91 Å². The fourth-order valence-electron chi connectivity index (χ4n) is 14.1. The lowest BCUT2D eigenvalue weighted by Gasteiger charge is -2.38. The van der Waals surface area contributed by atoms with Crippen LogP contribution in [0.4, 0.5) is 0 Å². The van der Waals surface area contributed by atoms with E-state index in [9.17, 15) is 63.0 Å². The van der Waals surface area contributed by atoms with Crippen molar-refractivity contribution < 1.29 is 99.2 Å². The fourth-order valence-corrected chi connectivity index (χ4v) is 19.9. The molecule has 0 spiro atoms. The van der Waals surface area contributed by atoms with Crippen LogP contribution in [-0.2, 0) is 100 Å². The van der Waals surface area contributed by atoms with Crippen LogP contribution in [0.1, 0.15) is 91.2 Å². The number of nitrogens with one attached hydrogen (secondary N) is 13. The van der Waals surface area contributed by atoms with Crippen LogP contribution in [0, 0.1) is 11.8 Å². The van der Waals surface area contributed by atoms with Gasteiger partial charge in [0.05, 0.1) is 30.1 Å². The van der Waals surface area contributed by atoms with Crippen LogP contribution in [0.25, 0.3) is 21.8 Å². The largest absolute Gasteiger partial charge is 0.481 e. The summed E-state index contributed by atoms with van der Waals surface area (Å²) in [6, 6.07) is -5.07. The van der Waals surface area contributed by atoms with Crippen LogP contribution < -0.4 is 69.6 Å². The number of fused-ring (bicyclic) bond motifs is 8. The second kappa shape index (κ2) is 39.2. The molecule has 16 atom stereocenters. The number of aliphatic hydroxyl groups is 1. The zero-order valence-corrected chi connectivity index (χ0v) is 67.2. The average Bonchev–Trinajstić information content (AvgIpc) is 1.57. The van der Waals surface area contributed by atoms with Crippen molar-refractivity contribution in [3.8, 4) is 0 Å². The van der Waals surface area contributed by atoms with Gasteiger partial charge in [0.15, 0.2) is 19.4 Å². The van der Waals surface area contributed by atoms with E-state index in [1.54, 1.807) is 68.6 Å². The van der Waals surface area contributed by atoms with Crippen LogP contribution >= 0.6 is 23.5 Å². The van der Waals surface area contributed by atoms with E-state index in [2.05, 4.69) is 63.1 Å². The molecule has 5 aliphatic rings. The quantitative estimate of drug-likeness (QED) is 0.0664. The molecule has 5 fully saturated rings. The van der Waals surface area contributed by atoms with Gasteiger partial charge in [0.2, 0.25) is 90.9 Å². The number of sulfonamides is 2. The van der Waals surface area contributed by atoms with Gasteiger partial charge in [-0.25, -0.2) is 21.8 Å². The molecule has 39 nitrogen and oxygen atoms in total. The lowest BCUT2D eigenvalue weighted by molar-refractivity contribution is -1.02. The molecule has 13 amide bonds. The summed E-state index contributed by atoms with van der Waals surface area (Å²) in [6.45, 7) is 4.50. The number of quaternary nitrogens is 1. The highest BCUT2D eigenvalue weighted by molar-refractivity contribution is 8.00. The van der Waals surface area contributed by atoms with E-state index in [4.69, 9.17) is 11.5 Å². The first-order valence-electron chi connectivity index (χ1n) is 37.6. The Labute approximate surface area is 666 Å². The summed E-state index contributed by atoms with van der Waals surface area (Å²) in [5, 5.41) is 48.7. The standard InChI is InChI=1S/C71H101N19O20S4/c1-37(2)57-69(104)80-49(29-56(93)94)63(98)76-32-55(92)90-53(28-42-31-75-46-16-10-8-14-44(42)46)68(103)84-58(38(3)4)71(106)89-20-12-18-52(89)67(102)81-50(60(73)95)33-111-23-25-113(107,108)87-21-22-88(36-86(90)35-87)114(109,110)26-24-112-34-51(82-61(96)39(5)72)66(101)85-59-54(91)19-11-17-47(78-70(59)105)64(99)77-40(6)62(97)79-48(65(100)83-57)27-41-30-74-45-15-9-7-13-43(41)45/h7-10,13-16,30-31,37-40,47-54,57-59,74-75,91H,11-12,17-29,32-36,72H2,1-6H3,(H2,73,95)(H,76,98)(H,77,99)(H,78,105)(H,79,97)(H,80,104)(H,81,102)(H,82,96)(H,83,100)(H,84,103)(H,85,101)(H,93,94)/p+1/t39-,40-,47-,48-,49-,50-,51-,52-,53-,54+,57-,58-,59-/m0/s1. The lowest BCUT2D eigenvalue weighted by Crippen LogP contribution is -3.22. The topological polar surface area (TPSA) is 569 Å². The molecule has 0 radical (unpaired) electrons. The van der Waals surface area contributed by atoms with Gasteiger partial charge >= 0.3 is 5.97 Å². The number of hydrogen-bond acceptors (Lipinski definition) is 22. The Morgan fingerprint density at radius 2 is 1.19 bits per heavy atom. The molecule has 624 valence electrons. The zero-order chi connectivity index (χ0) is 83.2. The summed E-state index contributed by atoms with van der Waals surface area (Å²) >= 11 is 1.71. The minimum absolute atomic E-state index is 0.000400. The van der Waals surface area contributed by atoms with Crippen molar-refractivity contribution in [3.05, 3.63) is 72.1 Å². The zero-order valence-electron chi connectivity index (χ0n) is 63.9. The first-order valence-corrected chi connectivity index (χ1v) is 43.1. The number of carboxylic acid groups (broad SMARTS) is 1. The van der Waals surface area contributed by atoms with Gasteiger partial charge in [-0.1, -0.05) is 64.1 Å². The number of hydrogen-bond donors (Lipinski definition) is 17. The van der Waals surface area contributed by atoms with Gasteiger partial charge < -0.3 is 89.7 Å². The first-order chi connectivity index (χ1) is 53.9. The number of nitrogens with zero attached hydrogens (tertiary/aromatic N) is 4. The molecule has 2 aromatic heterocycles. The van der Waals surface area contributed by atoms with E-state index in [-0.39, 0.29) is 50.2 Å². The Hall–Kier alpha value is -9.50. The number of rotatable bonds is 11. The number of aromatic nitrogens is 2. The molecule has 43 heteroatoms. The van der Waals surface area contributed by atoms with Crippen LogP contribution in [0.3, 0.4) is 0 Å². The first kappa shape index (κ1) is 88.4. The minimum atomic E-state index is -4.76. The number of nitrogens with two attached hydrogens (primary N) is 2. The third-order valence-corrected chi connectivity index (χ3v) is 26.8. The maximum absolute atomic E-state index is 16.1. The third-order valence-electron chi connectivity index (χ3n) is 20.5. The summed E-state index contributed by atoms with van der Waals surface area (Å²) in [6.07, 6.45) is -0.227. The minimum Gasteiger partial charge on any atom is -0.481 e. The smallest absolute Gasteiger partial charge is 0.305 e. The summed E-state index contributed by atoms with van der Waals surface area (Å²) in [4.78, 5) is 210. The molecule has 4 aromatic rings. The number of aromatic amines is 2. The SMILES string of the molecule is CC(C)[C@@H]1NC(=O)[C@H](Cc2c[nH]c3ccccc23)NC(=O)[C@H](C)NC(=O)[C@@H]2CCC[C@@H](O)[C@H](NC(=O)[C@@H](NC(=O)[C@H](C)N)CSCCS(=O)(=O)N3CCN4C[NH+](C3)N(C(=O)CNC(=O)[C@H](CC(=O)O)NC1=O)[C@@H](Cc1c[nH]c3ccccc13)C(=O)N[C@@H](C(C)C)C(=O)N1CCC[C@H]1C(=O)N[C@H](C(N)=O)CSCCS4(=O)=O)C(=O)N2. The molecular formula is C71H102N19O20S4+. The Bertz CT molecular complexity index is 4510. The van der Waals surface area contributed by atoms with Gasteiger partial charge in [-0.15, -0.1) is 8.61 Å². The van der Waals surface area contributed by atoms with Crippen LogP contribution in [0.2, 0.25) is 0 Å². The van der Waals surface area contributed by atoms with Crippen LogP contribution in [-0.4, -0.2) is 291 Å². The molecule has 2 aromatic carbocycles. The van der Waals surface area contributed by atoms with Crippen molar-refractivity contribution in [1.82, 2.24) is 81.7 Å². The lowest BCUT2D eigenvalue weighted by atomic mass is 9.97. The summed E-state index contributed by atoms with van der Waals surface area (Å²) < 4.78 is 62.4. The number of primary amides is 1. The molecule has 0 aliphatic carbocycles. The number of aliphatic hydroxyl groups excluding tert-OH is 1. The van der Waals surface area contributed by atoms with Gasteiger partial charge in [-0.3, -0.25) is 67.1 Å². The molecule has 7 heterocycles. The third kappa shape index (κ3) is 22.5. The van der Waals surface area contributed by atoms with Crippen molar-refractivity contribution in [2.45, 2.75) is 172 Å². The summed E-state index contributed by atoms with van der Waals surface area (Å²) in [7, 11) is -9.41. The van der Waals surface area contributed by atoms with Crippen LogP contribution in [0.15, 0.2) is 60.9 Å². The van der Waals surface area contributed by atoms with Gasteiger partial charge in [-0.2, -0.15) is 28.5 Å². The second-order valence-corrected chi connectivity index (χ2v) is 36.1. The highest BCUT2D eigenvalue weighted by atomic mass is 32.2. The molecule has 5 saturated heterocycles. The fraction of sp³-hybridized carbons (Fsp3) is 0.577.